The summed E-state index contributed by atoms with van der Waals surface area (Å²) >= 11 is 5.92. The lowest BCUT2D eigenvalue weighted by Crippen LogP contribution is -2.30. The molecule has 0 radical (unpaired) electrons. The van der Waals surface area contributed by atoms with Crippen LogP contribution < -0.4 is 5.32 Å². The van der Waals surface area contributed by atoms with Crippen molar-refractivity contribution in [1.82, 2.24) is 15.2 Å². The summed E-state index contributed by atoms with van der Waals surface area (Å²) in [7, 11) is 1.68. The van der Waals surface area contributed by atoms with E-state index in [1.54, 1.807) is 19.3 Å². The minimum atomic E-state index is -0.462. The van der Waals surface area contributed by atoms with Crippen LogP contribution in [0.4, 0.5) is 4.39 Å². The van der Waals surface area contributed by atoms with Gasteiger partial charge in [0, 0.05) is 25.1 Å². The zero-order valence-electron chi connectivity index (χ0n) is 10.8. The molecular weight excluding hydrogens is 281 g/mol. The lowest BCUT2D eigenvalue weighted by atomic mass is 10.1. The molecule has 1 atom stereocenters. The van der Waals surface area contributed by atoms with Gasteiger partial charge in [-0.25, -0.2) is 4.39 Å². The van der Waals surface area contributed by atoms with Gasteiger partial charge in [0.2, 0.25) is 0 Å². The fourth-order valence-corrected chi connectivity index (χ4v) is 2.67. The average molecular weight is 294 g/mol. The molecule has 0 bridgehead atoms. The summed E-state index contributed by atoms with van der Waals surface area (Å²) in [4.78, 5) is 16.5. The molecular formula is C14H13ClFN3O. The molecule has 1 amide bonds. The molecule has 1 aromatic heterocycles. The summed E-state index contributed by atoms with van der Waals surface area (Å²) in [6, 6.07) is 2.65. The van der Waals surface area contributed by atoms with Crippen LogP contribution in [0.2, 0.25) is 5.02 Å². The van der Waals surface area contributed by atoms with Gasteiger partial charge in [-0.2, -0.15) is 0 Å². The molecule has 1 aliphatic heterocycles. The van der Waals surface area contributed by atoms with Crippen LogP contribution in [0.15, 0.2) is 30.7 Å². The van der Waals surface area contributed by atoms with Crippen molar-refractivity contribution in [3.8, 4) is 0 Å². The van der Waals surface area contributed by atoms with Crippen LogP contribution in [0.5, 0.6) is 0 Å². The number of likely N-dealkylation sites (N-methyl/N-ethyl adjacent to an activating group) is 1. The van der Waals surface area contributed by atoms with Gasteiger partial charge in [0.15, 0.2) is 0 Å². The number of rotatable bonds is 2. The van der Waals surface area contributed by atoms with Crippen LogP contribution in [0.3, 0.4) is 0 Å². The van der Waals surface area contributed by atoms with Gasteiger partial charge < -0.3 is 15.2 Å². The summed E-state index contributed by atoms with van der Waals surface area (Å²) < 4.78 is 13.4. The van der Waals surface area contributed by atoms with E-state index in [0.29, 0.717) is 17.8 Å². The minimum absolute atomic E-state index is 0.0300. The third-order valence-corrected chi connectivity index (χ3v) is 4.00. The van der Waals surface area contributed by atoms with Crippen LogP contribution in [0.25, 0.3) is 10.9 Å². The molecule has 4 nitrogen and oxygen atoms in total. The summed E-state index contributed by atoms with van der Waals surface area (Å²) in [5.74, 6) is 0.0947. The molecule has 3 rings (SSSR count). The van der Waals surface area contributed by atoms with E-state index in [9.17, 15) is 9.18 Å². The van der Waals surface area contributed by atoms with Crippen molar-refractivity contribution < 1.29 is 9.18 Å². The number of halogens is 2. The number of H-pyrrole nitrogens is 1. The smallest absolute Gasteiger partial charge is 0.250 e. The first-order valence-corrected chi connectivity index (χ1v) is 6.54. The highest BCUT2D eigenvalue weighted by Gasteiger charge is 2.32. The van der Waals surface area contributed by atoms with E-state index < -0.39 is 5.82 Å². The molecule has 2 heterocycles. The Balaban J connectivity index is 1.95. The maximum Gasteiger partial charge on any atom is 0.250 e. The van der Waals surface area contributed by atoms with E-state index in [1.807, 2.05) is 0 Å². The Morgan fingerprint density at radius 2 is 2.25 bits per heavy atom. The summed E-state index contributed by atoms with van der Waals surface area (Å²) in [5.41, 5.74) is 1.47. The number of nitrogens with zero attached hydrogens (tertiary/aromatic N) is 1. The zero-order chi connectivity index (χ0) is 14.4. The second kappa shape index (κ2) is 4.52. The van der Waals surface area contributed by atoms with Crippen LogP contribution in [-0.4, -0.2) is 28.9 Å². The quantitative estimate of drug-likeness (QED) is 0.893. The predicted molar refractivity (Wildman–Crippen MR) is 75.8 cm³/mol. The summed E-state index contributed by atoms with van der Waals surface area (Å²) in [6.45, 7) is 3.77. The SMILES string of the molecule is C=C1N[C@H](Cc2c[nH]c3c(Cl)c(F)ccc23)C(=O)N1C. The maximum atomic E-state index is 13.4. The molecule has 20 heavy (non-hydrogen) atoms. The summed E-state index contributed by atoms with van der Waals surface area (Å²) in [5, 5.41) is 3.94. The number of amides is 1. The van der Waals surface area contributed by atoms with Crippen molar-refractivity contribution in [2.45, 2.75) is 12.5 Å². The number of hydrogen-bond acceptors (Lipinski definition) is 2. The third kappa shape index (κ3) is 1.86. The van der Waals surface area contributed by atoms with E-state index in [0.717, 1.165) is 10.9 Å². The van der Waals surface area contributed by atoms with Gasteiger partial charge in [0.25, 0.3) is 5.91 Å². The van der Waals surface area contributed by atoms with Crippen molar-refractivity contribution in [3.05, 3.63) is 47.1 Å². The van der Waals surface area contributed by atoms with Crippen molar-refractivity contribution in [2.24, 2.45) is 0 Å². The van der Waals surface area contributed by atoms with Crippen molar-refractivity contribution in [2.75, 3.05) is 7.05 Å². The number of carbonyl (C=O) groups is 1. The standard InChI is InChI=1S/C14H13ClFN3O/c1-7-18-11(14(20)19(7)2)5-8-6-17-13-9(8)3-4-10(16)12(13)15/h3-4,6,11,17-18H,1,5H2,2H3/t11-/m1/s1. The van der Waals surface area contributed by atoms with Gasteiger partial charge in [0.1, 0.15) is 22.7 Å². The van der Waals surface area contributed by atoms with Crippen molar-refractivity contribution in [1.29, 1.82) is 0 Å². The van der Waals surface area contributed by atoms with E-state index in [-0.39, 0.29) is 17.0 Å². The average Bonchev–Trinajstić information content (AvgIpc) is 2.93. The molecule has 0 unspecified atom stereocenters. The normalized spacial score (nSPS) is 18.9. The lowest BCUT2D eigenvalue weighted by molar-refractivity contribution is -0.127. The third-order valence-electron chi connectivity index (χ3n) is 3.63. The van der Waals surface area contributed by atoms with Crippen LogP contribution in [0, 0.1) is 5.82 Å². The minimum Gasteiger partial charge on any atom is -0.360 e. The van der Waals surface area contributed by atoms with E-state index in [2.05, 4.69) is 16.9 Å². The highest BCUT2D eigenvalue weighted by molar-refractivity contribution is 6.35. The Hall–Kier alpha value is -2.01. The Labute approximate surface area is 120 Å². The fourth-order valence-electron chi connectivity index (χ4n) is 2.45. The first-order chi connectivity index (χ1) is 9.49. The molecule has 2 N–H and O–H groups in total. The van der Waals surface area contributed by atoms with Gasteiger partial charge in [0.05, 0.1) is 5.52 Å². The predicted octanol–water partition coefficient (Wildman–Crippen LogP) is 2.40. The molecule has 0 aliphatic carbocycles. The molecule has 2 aromatic rings. The Morgan fingerprint density at radius 1 is 1.50 bits per heavy atom. The van der Waals surface area contributed by atoms with Gasteiger partial charge in [-0.05, 0) is 17.7 Å². The Kier molecular flexibility index (Phi) is 2.94. The van der Waals surface area contributed by atoms with Crippen LogP contribution in [0.1, 0.15) is 5.56 Å². The van der Waals surface area contributed by atoms with E-state index >= 15 is 0 Å². The molecule has 0 spiro atoms. The topological polar surface area (TPSA) is 48.1 Å². The highest BCUT2D eigenvalue weighted by Crippen LogP contribution is 2.29. The molecule has 104 valence electrons. The fraction of sp³-hybridized carbons (Fsp3) is 0.214. The molecule has 0 saturated carbocycles. The summed E-state index contributed by atoms with van der Waals surface area (Å²) in [6.07, 6.45) is 2.25. The number of nitrogens with one attached hydrogen (secondary N) is 2. The van der Waals surface area contributed by atoms with Gasteiger partial charge in [-0.1, -0.05) is 18.2 Å². The first-order valence-electron chi connectivity index (χ1n) is 6.16. The molecule has 1 fully saturated rings. The number of aromatic nitrogens is 1. The van der Waals surface area contributed by atoms with Gasteiger partial charge in [-0.15, -0.1) is 0 Å². The van der Waals surface area contributed by atoms with Crippen molar-refractivity contribution in [3.63, 3.8) is 0 Å². The Morgan fingerprint density at radius 3 is 2.90 bits per heavy atom. The largest absolute Gasteiger partial charge is 0.360 e. The molecule has 1 saturated heterocycles. The first kappa shape index (κ1) is 13.0. The second-order valence-corrected chi connectivity index (χ2v) is 5.22. The molecule has 6 heteroatoms. The molecule has 1 aromatic carbocycles. The number of hydrogen-bond donors (Lipinski definition) is 2. The van der Waals surface area contributed by atoms with Crippen molar-refractivity contribution >= 4 is 28.4 Å². The number of aromatic amines is 1. The number of benzene rings is 1. The number of fused-ring (bicyclic) bond motifs is 1. The van der Waals surface area contributed by atoms with Crippen LogP contribution >= 0.6 is 11.6 Å². The van der Waals surface area contributed by atoms with E-state index in [4.69, 9.17) is 11.6 Å². The number of carbonyl (C=O) groups excluding carboxylic acids is 1. The molecule has 1 aliphatic rings. The second-order valence-electron chi connectivity index (χ2n) is 4.84. The van der Waals surface area contributed by atoms with Gasteiger partial charge in [-0.3, -0.25) is 4.79 Å². The highest BCUT2D eigenvalue weighted by atomic mass is 35.5. The van der Waals surface area contributed by atoms with Gasteiger partial charge >= 0.3 is 0 Å². The maximum absolute atomic E-state index is 13.4. The van der Waals surface area contributed by atoms with E-state index in [1.165, 1.54) is 11.0 Å². The monoisotopic (exact) mass is 293 g/mol. The van der Waals surface area contributed by atoms with Crippen LogP contribution in [-0.2, 0) is 11.2 Å². The lowest BCUT2D eigenvalue weighted by Gasteiger charge is -2.08. The Bertz CT molecular complexity index is 725. The zero-order valence-corrected chi connectivity index (χ0v) is 11.6.